The van der Waals surface area contributed by atoms with Gasteiger partial charge in [-0.05, 0) is 31.4 Å². The summed E-state index contributed by atoms with van der Waals surface area (Å²) in [6.45, 7) is 2.04. The van der Waals surface area contributed by atoms with Crippen molar-refractivity contribution >= 4 is 23.4 Å². The highest BCUT2D eigenvalue weighted by Crippen LogP contribution is 2.47. The highest BCUT2D eigenvalue weighted by Gasteiger charge is 2.41. The van der Waals surface area contributed by atoms with Gasteiger partial charge in [-0.15, -0.1) is 11.8 Å². The fraction of sp³-hybridized carbons (Fsp3) is 0.312. The number of pyridine rings is 2. The molecule has 3 heterocycles. The van der Waals surface area contributed by atoms with Gasteiger partial charge in [0.2, 0.25) is 5.88 Å². The Morgan fingerprint density at radius 1 is 1.27 bits per heavy atom. The van der Waals surface area contributed by atoms with Crippen LogP contribution in [-0.2, 0) is 4.75 Å². The van der Waals surface area contributed by atoms with E-state index in [0.29, 0.717) is 11.4 Å². The summed E-state index contributed by atoms with van der Waals surface area (Å²) in [5, 5.41) is 0. The van der Waals surface area contributed by atoms with Crippen LogP contribution in [0.25, 0.3) is 0 Å². The quantitative estimate of drug-likeness (QED) is 0.853. The molecule has 1 amide bonds. The van der Waals surface area contributed by atoms with Crippen molar-refractivity contribution in [3.63, 3.8) is 0 Å². The average molecular weight is 315 g/mol. The summed E-state index contributed by atoms with van der Waals surface area (Å²) >= 11 is 1.61. The van der Waals surface area contributed by atoms with Gasteiger partial charge in [0, 0.05) is 19.3 Å². The molecule has 0 aromatic carbocycles. The molecule has 0 saturated carbocycles. The summed E-state index contributed by atoms with van der Waals surface area (Å²) in [6, 6.07) is 7.25. The van der Waals surface area contributed by atoms with E-state index in [2.05, 4.69) is 9.97 Å². The van der Waals surface area contributed by atoms with Crippen LogP contribution in [0.5, 0.6) is 5.88 Å². The number of amides is 1. The Kier molecular flexibility index (Phi) is 3.56. The van der Waals surface area contributed by atoms with E-state index in [4.69, 9.17) is 4.74 Å². The minimum Gasteiger partial charge on any atom is -0.481 e. The van der Waals surface area contributed by atoms with Crippen LogP contribution in [0.3, 0.4) is 0 Å². The first kappa shape index (κ1) is 14.8. The highest BCUT2D eigenvalue weighted by molar-refractivity contribution is 7.99. The molecule has 0 spiro atoms. The van der Waals surface area contributed by atoms with E-state index < -0.39 is 4.75 Å². The molecule has 0 radical (unpaired) electrons. The minimum atomic E-state index is -0.527. The maximum atomic E-state index is 12.8. The molecule has 0 fully saturated rings. The number of nitrogens with zero attached hydrogens (tertiary/aromatic N) is 3. The molecule has 114 valence electrons. The smallest absolute Gasteiger partial charge is 0.259 e. The zero-order valence-electron chi connectivity index (χ0n) is 13.0. The minimum absolute atomic E-state index is 0.0749. The number of rotatable bonds is 2. The maximum Gasteiger partial charge on any atom is 0.259 e. The number of methoxy groups -OCH3 is 1. The molecule has 0 saturated heterocycles. The van der Waals surface area contributed by atoms with Gasteiger partial charge in [-0.25, -0.2) is 4.98 Å². The normalized spacial score (nSPS) is 20.2. The fourth-order valence-corrected chi connectivity index (χ4v) is 3.42. The summed E-state index contributed by atoms with van der Waals surface area (Å²) in [4.78, 5) is 23.5. The topological polar surface area (TPSA) is 55.3 Å². The number of ether oxygens (including phenoxy) is 1. The van der Waals surface area contributed by atoms with Crippen LogP contribution in [0.4, 0.5) is 5.69 Å². The summed E-state index contributed by atoms with van der Waals surface area (Å²) in [6.07, 6.45) is 3.71. The number of hydrogen-bond donors (Lipinski definition) is 0. The van der Waals surface area contributed by atoms with Gasteiger partial charge in [0.05, 0.1) is 34.5 Å². The van der Waals surface area contributed by atoms with Crippen LogP contribution in [0.1, 0.15) is 28.7 Å². The maximum absolute atomic E-state index is 12.8. The largest absolute Gasteiger partial charge is 0.481 e. The second-order valence-electron chi connectivity index (χ2n) is 5.22. The molecule has 2 aromatic rings. The van der Waals surface area contributed by atoms with Crippen molar-refractivity contribution < 1.29 is 9.53 Å². The Balaban J connectivity index is 2.38. The number of carbonyl (C=O) groups excluding carboxylic acids is 1. The lowest BCUT2D eigenvalue weighted by Gasteiger charge is -2.28. The number of carbonyl (C=O) groups is 1. The Labute approximate surface area is 133 Å². The van der Waals surface area contributed by atoms with Gasteiger partial charge < -0.3 is 9.64 Å². The third kappa shape index (κ3) is 1.98. The van der Waals surface area contributed by atoms with Crippen molar-refractivity contribution in [1.82, 2.24) is 9.97 Å². The molecule has 0 aliphatic carbocycles. The first-order chi connectivity index (χ1) is 10.5. The molecule has 5 nitrogen and oxygen atoms in total. The van der Waals surface area contributed by atoms with Gasteiger partial charge in [-0.2, -0.15) is 0 Å². The molecule has 0 bridgehead atoms. The van der Waals surface area contributed by atoms with Crippen molar-refractivity contribution in [2.24, 2.45) is 0 Å². The van der Waals surface area contributed by atoms with E-state index >= 15 is 0 Å². The third-order valence-corrected chi connectivity index (χ3v) is 5.28. The molecule has 1 aliphatic rings. The van der Waals surface area contributed by atoms with Gasteiger partial charge >= 0.3 is 0 Å². The Morgan fingerprint density at radius 3 is 2.73 bits per heavy atom. The lowest BCUT2D eigenvalue weighted by molar-refractivity contribution is 0.0992. The lowest BCUT2D eigenvalue weighted by atomic mass is 9.97. The monoisotopic (exact) mass is 315 g/mol. The SMILES string of the molecule is COc1ccc2c(n1)C(C)(SC)c1ncccc1C(=O)N2C. The molecule has 22 heavy (non-hydrogen) atoms. The van der Waals surface area contributed by atoms with Crippen LogP contribution >= 0.6 is 11.8 Å². The molecule has 0 N–H and O–H groups in total. The Bertz CT molecular complexity index is 750. The predicted octanol–water partition coefficient (Wildman–Crippen LogP) is 2.70. The first-order valence-corrected chi connectivity index (χ1v) is 8.09. The van der Waals surface area contributed by atoms with E-state index in [1.165, 1.54) is 0 Å². The summed E-state index contributed by atoms with van der Waals surface area (Å²) in [7, 11) is 3.35. The molecule has 1 aliphatic heterocycles. The molecule has 2 aromatic heterocycles. The molecular formula is C16H17N3O2S. The van der Waals surface area contributed by atoms with E-state index in [1.54, 1.807) is 49.1 Å². The second kappa shape index (κ2) is 5.28. The van der Waals surface area contributed by atoms with Gasteiger partial charge in [-0.3, -0.25) is 9.78 Å². The zero-order chi connectivity index (χ0) is 15.9. The van der Waals surface area contributed by atoms with E-state index in [9.17, 15) is 4.79 Å². The number of anilines is 1. The van der Waals surface area contributed by atoms with Crippen molar-refractivity contribution in [3.8, 4) is 5.88 Å². The molecule has 1 atom stereocenters. The third-order valence-electron chi connectivity index (χ3n) is 4.07. The molecule has 6 heteroatoms. The van der Waals surface area contributed by atoms with Crippen molar-refractivity contribution in [3.05, 3.63) is 47.4 Å². The number of hydrogen-bond acceptors (Lipinski definition) is 5. The summed E-state index contributed by atoms with van der Waals surface area (Å²) in [5.74, 6) is 0.452. The fourth-order valence-electron chi connectivity index (χ4n) is 2.72. The number of thioether (sulfide) groups is 1. The van der Waals surface area contributed by atoms with Gasteiger partial charge in [0.25, 0.3) is 5.91 Å². The Morgan fingerprint density at radius 2 is 2.05 bits per heavy atom. The molecular weight excluding hydrogens is 298 g/mol. The van der Waals surface area contributed by atoms with Crippen LogP contribution in [0, 0.1) is 0 Å². The predicted molar refractivity (Wildman–Crippen MR) is 87.7 cm³/mol. The van der Waals surface area contributed by atoms with Gasteiger partial charge in [0.1, 0.15) is 0 Å². The summed E-state index contributed by atoms with van der Waals surface area (Å²) < 4.78 is 4.74. The average Bonchev–Trinajstić information content (AvgIpc) is 2.64. The van der Waals surface area contributed by atoms with Crippen molar-refractivity contribution in [2.45, 2.75) is 11.7 Å². The summed E-state index contributed by atoms with van der Waals surface area (Å²) in [5.41, 5.74) is 2.91. The lowest BCUT2D eigenvalue weighted by Crippen LogP contribution is -2.26. The standard InChI is InChI=1S/C16H17N3O2S/c1-16(22-4)13-10(6-5-9-17-13)15(20)19(2)11-7-8-12(21-3)18-14(11)16/h5-9H,1-4H3. The van der Waals surface area contributed by atoms with Gasteiger partial charge in [0.15, 0.2) is 0 Å². The number of aromatic nitrogens is 2. The molecule has 3 rings (SSSR count). The zero-order valence-corrected chi connectivity index (χ0v) is 13.8. The van der Waals surface area contributed by atoms with Crippen LogP contribution < -0.4 is 9.64 Å². The van der Waals surface area contributed by atoms with Crippen molar-refractivity contribution in [2.75, 3.05) is 25.3 Å². The van der Waals surface area contributed by atoms with Crippen LogP contribution in [0.2, 0.25) is 0 Å². The first-order valence-electron chi connectivity index (χ1n) is 6.87. The second-order valence-corrected chi connectivity index (χ2v) is 6.45. The van der Waals surface area contributed by atoms with E-state index in [0.717, 1.165) is 17.1 Å². The molecule has 1 unspecified atom stereocenters. The van der Waals surface area contributed by atoms with Crippen molar-refractivity contribution in [1.29, 1.82) is 0 Å². The van der Waals surface area contributed by atoms with Crippen LogP contribution in [0.15, 0.2) is 30.5 Å². The van der Waals surface area contributed by atoms with E-state index in [-0.39, 0.29) is 5.91 Å². The number of fused-ring (bicyclic) bond motifs is 2. The Hall–Kier alpha value is -2.08. The van der Waals surface area contributed by atoms with Crippen LogP contribution in [-0.4, -0.2) is 36.3 Å². The highest BCUT2D eigenvalue weighted by atomic mass is 32.2. The van der Waals surface area contributed by atoms with E-state index in [1.807, 2.05) is 25.3 Å². The van der Waals surface area contributed by atoms with Gasteiger partial charge in [-0.1, -0.05) is 0 Å².